The van der Waals surface area contributed by atoms with Crippen molar-refractivity contribution in [1.29, 1.82) is 0 Å². The number of carbonyl (C=O) groups is 1. The molecule has 9 heteroatoms. The van der Waals surface area contributed by atoms with Crippen LogP contribution in [0.1, 0.15) is 67.7 Å². The Bertz CT molecular complexity index is 1620. The maximum absolute atomic E-state index is 13.7. The van der Waals surface area contributed by atoms with Gasteiger partial charge in [0.25, 0.3) is 5.56 Å². The van der Waals surface area contributed by atoms with E-state index >= 15 is 0 Å². The molecule has 1 aliphatic rings. The van der Waals surface area contributed by atoms with Gasteiger partial charge in [0.05, 0.1) is 23.7 Å². The average molecular weight is 606 g/mol. The summed E-state index contributed by atoms with van der Waals surface area (Å²) in [6.07, 6.45) is 7.27. The maximum atomic E-state index is 13.7. The van der Waals surface area contributed by atoms with Crippen molar-refractivity contribution in [3.05, 3.63) is 86.1 Å². The molecule has 1 fully saturated rings. The zero-order valence-corrected chi connectivity index (χ0v) is 24.6. The molecule has 5 rings (SSSR count). The quantitative estimate of drug-likeness (QED) is 0.171. The van der Waals surface area contributed by atoms with Crippen LogP contribution in [0.2, 0.25) is 0 Å². The molecule has 0 saturated heterocycles. The van der Waals surface area contributed by atoms with E-state index in [2.05, 4.69) is 26.6 Å². The predicted octanol–water partition coefficient (Wildman–Crippen LogP) is 6.44. The number of aryl methyl sites for hydroxylation is 1. The maximum Gasteiger partial charge on any atom is 0.344 e. The lowest BCUT2D eigenvalue weighted by Gasteiger charge is -2.22. The fourth-order valence-electron chi connectivity index (χ4n) is 5.37. The number of aromatic nitrogens is 3. The molecule has 0 spiro atoms. The molecule has 0 amide bonds. The highest BCUT2D eigenvalue weighted by molar-refractivity contribution is 9.10. The van der Waals surface area contributed by atoms with E-state index in [1.165, 1.54) is 11.1 Å². The summed E-state index contributed by atoms with van der Waals surface area (Å²) in [6, 6.07) is 15.2. The molecule has 0 N–H and O–H groups in total. The summed E-state index contributed by atoms with van der Waals surface area (Å²) in [6.45, 7) is 6.02. The van der Waals surface area contributed by atoms with Gasteiger partial charge in [-0.1, -0.05) is 35.2 Å². The van der Waals surface area contributed by atoms with Gasteiger partial charge in [0, 0.05) is 33.0 Å². The van der Waals surface area contributed by atoms with Crippen LogP contribution in [-0.4, -0.2) is 39.6 Å². The Hall–Kier alpha value is -3.72. The van der Waals surface area contributed by atoms with Gasteiger partial charge >= 0.3 is 5.97 Å². The van der Waals surface area contributed by atoms with Gasteiger partial charge < -0.3 is 14.0 Å². The monoisotopic (exact) mass is 604 g/mol. The molecule has 0 unspecified atom stereocenters. The van der Waals surface area contributed by atoms with Crippen LogP contribution in [0.25, 0.3) is 16.6 Å². The molecule has 8 nitrogen and oxygen atoms in total. The molecule has 0 aliphatic heterocycles. The number of ether oxygens (including phenoxy) is 2. The van der Waals surface area contributed by atoms with E-state index in [9.17, 15) is 9.59 Å². The Morgan fingerprint density at radius 1 is 1.10 bits per heavy atom. The zero-order valence-electron chi connectivity index (χ0n) is 23.0. The van der Waals surface area contributed by atoms with Gasteiger partial charge in [0.1, 0.15) is 11.6 Å². The van der Waals surface area contributed by atoms with Gasteiger partial charge in [-0.2, -0.15) is 9.78 Å². The summed E-state index contributed by atoms with van der Waals surface area (Å²) >= 11 is 3.48. The van der Waals surface area contributed by atoms with Crippen molar-refractivity contribution in [1.82, 2.24) is 14.2 Å². The molecule has 1 aliphatic carbocycles. The number of hydrogen-bond acceptors (Lipinski definition) is 6. The summed E-state index contributed by atoms with van der Waals surface area (Å²) in [5.41, 5.74) is 4.43. The first-order chi connectivity index (χ1) is 19.4. The van der Waals surface area contributed by atoms with Crippen molar-refractivity contribution in [3.63, 3.8) is 0 Å². The minimum atomic E-state index is -0.396. The summed E-state index contributed by atoms with van der Waals surface area (Å²) < 4.78 is 14.9. The normalized spacial score (nSPS) is 14.2. The first-order valence-electron chi connectivity index (χ1n) is 13.7. The van der Waals surface area contributed by atoms with Gasteiger partial charge in [0.15, 0.2) is 6.61 Å². The molecule has 2 heterocycles. The van der Waals surface area contributed by atoms with Gasteiger partial charge in [-0.25, -0.2) is 9.78 Å². The van der Waals surface area contributed by atoms with Gasteiger partial charge in [-0.3, -0.25) is 4.79 Å². The number of benzene rings is 2. The number of carbonyl (C=O) groups excluding carboxylic acids is 1. The van der Waals surface area contributed by atoms with Crippen LogP contribution in [0.4, 0.5) is 0 Å². The van der Waals surface area contributed by atoms with Crippen molar-refractivity contribution < 1.29 is 14.3 Å². The standard InChI is InChI=1S/C31H33BrN4O4/c1-4-39-29(37)19-40-26-13-11-25(12-14-26)35-20(2)16-23(21(35)3)18-33-36-30(22-8-6-5-7-9-22)34-28-15-10-24(32)17-27(28)31(36)38/h10-18,22H,4-9,19H2,1-3H3. The Balaban J connectivity index is 1.46. The Morgan fingerprint density at radius 2 is 1.85 bits per heavy atom. The first kappa shape index (κ1) is 27.8. The van der Waals surface area contributed by atoms with Gasteiger partial charge in [0.2, 0.25) is 0 Å². The fraction of sp³-hybridized carbons (Fsp3) is 0.355. The van der Waals surface area contributed by atoms with E-state index < -0.39 is 5.97 Å². The van der Waals surface area contributed by atoms with Crippen molar-refractivity contribution in [2.45, 2.75) is 58.8 Å². The average Bonchev–Trinajstić information content (AvgIpc) is 3.25. The smallest absolute Gasteiger partial charge is 0.344 e. The van der Waals surface area contributed by atoms with Crippen LogP contribution in [0, 0.1) is 13.8 Å². The fourth-order valence-corrected chi connectivity index (χ4v) is 5.74. The largest absolute Gasteiger partial charge is 0.482 e. The molecular formula is C31H33BrN4O4. The lowest BCUT2D eigenvalue weighted by atomic mass is 9.88. The predicted molar refractivity (Wildman–Crippen MR) is 160 cm³/mol. The second-order valence-electron chi connectivity index (χ2n) is 10.1. The molecule has 2 aromatic heterocycles. The van der Waals surface area contributed by atoms with Crippen molar-refractivity contribution >= 4 is 39.0 Å². The molecule has 0 atom stereocenters. The number of halogens is 1. The van der Waals surface area contributed by atoms with E-state index in [4.69, 9.17) is 19.6 Å². The molecule has 0 radical (unpaired) electrons. The molecule has 0 bridgehead atoms. The van der Waals surface area contributed by atoms with E-state index in [1.54, 1.807) is 13.1 Å². The highest BCUT2D eigenvalue weighted by Gasteiger charge is 2.22. The minimum Gasteiger partial charge on any atom is -0.482 e. The van der Waals surface area contributed by atoms with Crippen molar-refractivity contribution in [2.75, 3.05) is 13.2 Å². The van der Waals surface area contributed by atoms with Crippen LogP contribution in [0.3, 0.4) is 0 Å². The molecule has 1 saturated carbocycles. The summed E-state index contributed by atoms with van der Waals surface area (Å²) in [5.74, 6) is 1.14. The zero-order chi connectivity index (χ0) is 28.2. The van der Waals surface area contributed by atoms with Crippen LogP contribution in [0.5, 0.6) is 5.75 Å². The van der Waals surface area contributed by atoms with E-state index in [0.717, 1.165) is 58.6 Å². The van der Waals surface area contributed by atoms with Crippen molar-refractivity contribution in [3.8, 4) is 11.4 Å². The third kappa shape index (κ3) is 5.89. The van der Waals surface area contributed by atoms with Crippen molar-refractivity contribution in [2.24, 2.45) is 5.10 Å². The Kier molecular flexibility index (Phi) is 8.49. The number of hydrogen-bond donors (Lipinski definition) is 0. The molecule has 2 aromatic carbocycles. The highest BCUT2D eigenvalue weighted by atomic mass is 79.9. The van der Waals surface area contributed by atoms with E-state index in [0.29, 0.717) is 23.3 Å². The first-order valence-corrected chi connectivity index (χ1v) is 14.5. The lowest BCUT2D eigenvalue weighted by Crippen LogP contribution is -2.25. The number of esters is 1. The van der Waals surface area contributed by atoms with Gasteiger partial charge in [-0.15, -0.1) is 0 Å². The second kappa shape index (κ2) is 12.2. The number of rotatable bonds is 8. The van der Waals surface area contributed by atoms with E-state index in [-0.39, 0.29) is 18.1 Å². The third-order valence-electron chi connectivity index (χ3n) is 7.34. The van der Waals surface area contributed by atoms with Crippen LogP contribution < -0.4 is 10.3 Å². The molecule has 4 aromatic rings. The van der Waals surface area contributed by atoms with E-state index in [1.807, 2.05) is 56.3 Å². The summed E-state index contributed by atoms with van der Waals surface area (Å²) in [5, 5.41) is 5.28. The Labute approximate surface area is 241 Å². The molecule has 40 heavy (non-hydrogen) atoms. The SMILES string of the molecule is CCOC(=O)COc1ccc(-n2c(C)cc(C=Nn3c(C4CCCCC4)nc4ccc(Br)cc4c3=O)c2C)cc1. The van der Waals surface area contributed by atoms with Crippen LogP contribution in [0.15, 0.2) is 62.9 Å². The topological polar surface area (TPSA) is 87.7 Å². The molecular weight excluding hydrogens is 572 g/mol. The molecule has 208 valence electrons. The summed E-state index contributed by atoms with van der Waals surface area (Å²) in [4.78, 5) is 30.2. The summed E-state index contributed by atoms with van der Waals surface area (Å²) in [7, 11) is 0. The van der Waals surface area contributed by atoms with Crippen LogP contribution >= 0.6 is 15.9 Å². The second-order valence-corrected chi connectivity index (χ2v) is 11.0. The third-order valence-corrected chi connectivity index (χ3v) is 7.84. The van der Waals surface area contributed by atoms with Gasteiger partial charge in [-0.05, 0) is 82.1 Å². The number of nitrogens with zero attached hydrogens (tertiary/aromatic N) is 4. The Morgan fingerprint density at radius 3 is 2.58 bits per heavy atom. The lowest BCUT2D eigenvalue weighted by molar-refractivity contribution is -0.145. The van der Waals surface area contributed by atoms with Crippen LogP contribution in [-0.2, 0) is 9.53 Å². The highest BCUT2D eigenvalue weighted by Crippen LogP contribution is 2.32. The minimum absolute atomic E-state index is 0.127. The number of fused-ring (bicyclic) bond motifs is 1.